The van der Waals surface area contributed by atoms with Gasteiger partial charge in [0.25, 0.3) is 0 Å². The second-order valence-corrected chi connectivity index (χ2v) is 8.93. The van der Waals surface area contributed by atoms with Crippen molar-refractivity contribution in [3.05, 3.63) is 71.1 Å². The van der Waals surface area contributed by atoms with Crippen molar-refractivity contribution in [3.63, 3.8) is 0 Å². The van der Waals surface area contributed by atoms with E-state index < -0.39 is 9.84 Å². The molecule has 5 nitrogen and oxygen atoms in total. The number of benzene rings is 1. The van der Waals surface area contributed by atoms with Crippen LogP contribution in [-0.2, 0) is 16.4 Å². The zero-order chi connectivity index (χ0) is 18.1. The maximum Gasteiger partial charge on any atom is 0.215 e. The summed E-state index contributed by atoms with van der Waals surface area (Å²) in [5.74, 6) is 0.554. The second kappa shape index (κ2) is 6.59. The molecule has 3 aromatic heterocycles. The smallest absolute Gasteiger partial charge is 0.215 e. The van der Waals surface area contributed by atoms with Crippen LogP contribution in [0.25, 0.3) is 16.7 Å². The van der Waals surface area contributed by atoms with Crippen molar-refractivity contribution in [1.82, 2.24) is 9.55 Å². The van der Waals surface area contributed by atoms with Gasteiger partial charge >= 0.3 is 0 Å². The fourth-order valence-electron chi connectivity index (χ4n) is 2.67. The molecule has 4 rings (SSSR count). The van der Waals surface area contributed by atoms with Crippen molar-refractivity contribution < 1.29 is 13.2 Å². The number of sulfone groups is 1. The number of thiophene rings is 1. The first kappa shape index (κ1) is 16.8. The average Bonchev–Trinajstić information content (AvgIpc) is 3.28. The van der Waals surface area contributed by atoms with Crippen LogP contribution in [0.2, 0.25) is 0 Å². The molecule has 0 atom stereocenters. The molecule has 4 aromatic rings. The highest BCUT2D eigenvalue weighted by atomic mass is 32.2. The summed E-state index contributed by atoms with van der Waals surface area (Å²) >= 11 is 1.64. The van der Waals surface area contributed by atoms with Crippen LogP contribution in [0.5, 0.6) is 5.88 Å². The van der Waals surface area contributed by atoms with Crippen molar-refractivity contribution in [3.8, 4) is 11.6 Å². The van der Waals surface area contributed by atoms with Crippen molar-refractivity contribution in [2.24, 2.45) is 0 Å². The molecule has 0 radical (unpaired) electrons. The third kappa shape index (κ3) is 3.36. The number of aromatic nitrogens is 2. The van der Waals surface area contributed by atoms with Crippen molar-refractivity contribution in [2.45, 2.75) is 11.5 Å². The molecule has 0 bridgehead atoms. The summed E-state index contributed by atoms with van der Waals surface area (Å²) in [4.78, 5) is 6.04. The third-order valence-electron chi connectivity index (χ3n) is 4.00. The van der Waals surface area contributed by atoms with Crippen LogP contribution < -0.4 is 4.74 Å². The normalized spacial score (nSPS) is 11.7. The lowest BCUT2D eigenvalue weighted by Gasteiger charge is -2.08. The lowest BCUT2D eigenvalue weighted by Crippen LogP contribution is -2.00. The zero-order valence-corrected chi connectivity index (χ0v) is 15.6. The molecule has 0 amide bonds. The van der Waals surface area contributed by atoms with E-state index in [0.717, 1.165) is 21.6 Å². The van der Waals surface area contributed by atoms with Gasteiger partial charge in [-0.3, -0.25) is 0 Å². The Kier molecular flexibility index (Phi) is 4.26. The molecule has 3 heterocycles. The SMILES string of the molecule is CS(=O)(=O)c1ccc(-n2ccc3ccc(OCc4cccs4)nc32)cc1. The highest BCUT2D eigenvalue weighted by Gasteiger charge is 2.10. The largest absolute Gasteiger partial charge is 0.472 e. The van der Waals surface area contributed by atoms with Gasteiger partial charge in [0.2, 0.25) is 5.88 Å². The Morgan fingerprint density at radius 1 is 1.08 bits per heavy atom. The van der Waals surface area contributed by atoms with Crippen LogP contribution in [0.15, 0.2) is 71.1 Å². The van der Waals surface area contributed by atoms with Crippen LogP contribution >= 0.6 is 11.3 Å². The van der Waals surface area contributed by atoms with Gasteiger partial charge in [0.05, 0.1) is 4.90 Å². The van der Waals surface area contributed by atoms with E-state index in [1.54, 1.807) is 35.6 Å². The molecule has 0 unspecified atom stereocenters. The van der Waals surface area contributed by atoms with Crippen LogP contribution in [-0.4, -0.2) is 24.2 Å². The Morgan fingerprint density at radius 3 is 2.58 bits per heavy atom. The van der Waals surface area contributed by atoms with Crippen LogP contribution in [0.1, 0.15) is 4.88 Å². The lowest BCUT2D eigenvalue weighted by atomic mass is 10.3. The van der Waals surface area contributed by atoms with Gasteiger partial charge in [0, 0.05) is 34.5 Å². The Bertz CT molecular complexity index is 1150. The molecule has 7 heteroatoms. The quantitative estimate of drug-likeness (QED) is 0.520. The maximum absolute atomic E-state index is 11.6. The van der Waals surface area contributed by atoms with E-state index in [1.165, 1.54) is 6.26 Å². The number of fused-ring (bicyclic) bond motifs is 1. The molecule has 0 spiro atoms. The third-order valence-corrected chi connectivity index (χ3v) is 5.97. The molecule has 0 aliphatic heterocycles. The molecule has 0 saturated carbocycles. The second-order valence-electron chi connectivity index (χ2n) is 5.88. The first-order valence-electron chi connectivity index (χ1n) is 7.94. The topological polar surface area (TPSA) is 61.2 Å². The van der Waals surface area contributed by atoms with E-state index in [1.807, 2.05) is 46.5 Å². The van der Waals surface area contributed by atoms with Gasteiger partial charge in [-0.15, -0.1) is 11.3 Å². The summed E-state index contributed by atoms with van der Waals surface area (Å²) in [5.41, 5.74) is 1.61. The standard InChI is InChI=1S/C19H16N2O3S2/c1-26(22,23)17-7-5-15(6-8-17)21-11-10-14-4-9-18(20-19(14)21)24-13-16-3-2-12-25-16/h2-12H,13H2,1H3. The summed E-state index contributed by atoms with van der Waals surface area (Å²) in [6.07, 6.45) is 3.11. The maximum atomic E-state index is 11.6. The fourth-order valence-corrected chi connectivity index (χ4v) is 3.92. The first-order valence-corrected chi connectivity index (χ1v) is 10.7. The number of hydrogen-bond acceptors (Lipinski definition) is 5. The molecule has 0 aliphatic rings. The Hall–Kier alpha value is -2.64. The molecule has 0 saturated heterocycles. The van der Waals surface area contributed by atoms with E-state index in [0.29, 0.717) is 17.4 Å². The van der Waals surface area contributed by atoms with E-state index in [4.69, 9.17) is 4.74 Å². The Morgan fingerprint density at radius 2 is 1.88 bits per heavy atom. The summed E-state index contributed by atoms with van der Waals surface area (Å²) in [6.45, 7) is 0.486. The molecule has 132 valence electrons. The Balaban J connectivity index is 1.66. The van der Waals surface area contributed by atoms with Crippen LogP contribution in [0.3, 0.4) is 0 Å². The predicted molar refractivity (Wildman–Crippen MR) is 103 cm³/mol. The minimum Gasteiger partial charge on any atom is -0.472 e. The summed E-state index contributed by atoms with van der Waals surface area (Å²) in [5, 5.41) is 3.00. The van der Waals surface area contributed by atoms with Gasteiger partial charge < -0.3 is 9.30 Å². The number of pyridine rings is 1. The van der Waals surface area contributed by atoms with Gasteiger partial charge in [-0.25, -0.2) is 8.42 Å². The van der Waals surface area contributed by atoms with Gasteiger partial charge in [-0.2, -0.15) is 4.98 Å². The van der Waals surface area contributed by atoms with Crippen molar-refractivity contribution in [2.75, 3.05) is 6.26 Å². The molecule has 1 aromatic carbocycles. The van der Waals surface area contributed by atoms with E-state index in [2.05, 4.69) is 4.98 Å². The predicted octanol–water partition coefficient (Wildman–Crippen LogP) is 4.07. The van der Waals surface area contributed by atoms with E-state index >= 15 is 0 Å². The summed E-state index contributed by atoms with van der Waals surface area (Å²) in [7, 11) is -3.21. The first-order chi connectivity index (χ1) is 12.5. The van der Waals surface area contributed by atoms with E-state index in [9.17, 15) is 8.42 Å². The highest BCUT2D eigenvalue weighted by Crippen LogP contribution is 2.23. The molecule has 0 N–H and O–H groups in total. The molecular weight excluding hydrogens is 368 g/mol. The summed E-state index contributed by atoms with van der Waals surface area (Å²) in [6, 6.07) is 16.6. The van der Waals surface area contributed by atoms with Gasteiger partial charge in [0.1, 0.15) is 12.3 Å². The van der Waals surface area contributed by atoms with Crippen molar-refractivity contribution >= 4 is 32.2 Å². The minimum absolute atomic E-state index is 0.297. The number of ether oxygens (including phenoxy) is 1. The van der Waals surface area contributed by atoms with Gasteiger partial charge in [-0.1, -0.05) is 6.07 Å². The molecular formula is C19H16N2O3S2. The van der Waals surface area contributed by atoms with Gasteiger partial charge in [-0.05, 0) is 47.8 Å². The fraction of sp³-hybridized carbons (Fsp3) is 0.105. The lowest BCUT2D eigenvalue weighted by molar-refractivity contribution is 0.298. The molecule has 0 aliphatic carbocycles. The van der Waals surface area contributed by atoms with Crippen LogP contribution in [0.4, 0.5) is 0 Å². The summed E-state index contributed by atoms with van der Waals surface area (Å²) < 4.78 is 30.9. The number of hydrogen-bond donors (Lipinski definition) is 0. The average molecular weight is 384 g/mol. The van der Waals surface area contributed by atoms with Crippen LogP contribution in [0, 0.1) is 0 Å². The zero-order valence-electron chi connectivity index (χ0n) is 14.0. The minimum atomic E-state index is -3.21. The molecule has 0 fully saturated rings. The monoisotopic (exact) mass is 384 g/mol. The highest BCUT2D eigenvalue weighted by molar-refractivity contribution is 7.90. The van der Waals surface area contributed by atoms with Crippen molar-refractivity contribution in [1.29, 1.82) is 0 Å². The Labute approximate surface area is 155 Å². The number of nitrogens with zero attached hydrogens (tertiary/aromatic N) is 2. The van der Waals surface area contributed by atoms with E-state index in [-0.39, 0.29) is 0 Å². The molecule has 26 heavy (non-hydrogen) atoms. The van der Waals surface area contributed by atoms with Gasteiger partial charge in [0.15, 0.2) is 9.84 Å². The number of rotatable bonds is 5.